The Kier molecular flexibility index (Phi) is 3.05. The molecule has 0 saturated heterocycles. The minimum Gasteiger partial charge on any atom is -0.269 e. The molecular weight excluding hydrogens is 261 g/mol. The molecule has 0 aliphatic carbocycles. The zero-order chi connectivity index (χ0) is 14.2. The molecule has 0 atom stereocenters. The van der Waals surface area contributed by atoms with Crippen LogP contribution in [0.15, 0.2) is 46.1 Å². The van der Waals surface area contributed by atoms with Crippen LogP contribution in [0.3, 0.4) is 0 Å². The Morgan fingerprint density at radius 2 is 1.58 bits per heavy atom. The van der Waals surface area contributed by atoms with Gasteiger partial charge in [0.1, 0.15) is 0 Å². The van der Waals surface area contributed by atoms with Crippen molar-refractivity contribution in [1.29, 1.82) is 0 Å². The average Bonchev–Trinajstić information content (AvgIpc) is 2.35. The zero-order valence-corrected chi connectivity index (χ0v) is 9.81. The van der Waals surface area contributed by atoms with Crippen LogP contribution in [0.25, 0.3) is 5.69 Å². The summed E-state index contributed by atoms with van der Waals surface area (Å²) in [5, 5.41) is 0. The maximum absolute atomic E-state index is 12.4. The minimum absolute atomic E-state index is 0.258. The maximum Gasteiger partial charge on any atom is 0.416 e. The van der Waals surface area contributed by atoms with E-state index in [1.807, 2.05) is 0 Å². The van der Waals surface area contributed by atoms with Crippen LogP contribution >= 0.6 is 0 Å². The van der Waals surface area contributed by atoms with Crippen LogP contribution in [0, 0.1) is 0 Å². The third kappa shape index (κ3) is 2.44. The topological polar surface area (TPSA) is 44.0 Å². The van der Waals surface area contributed by atoms with E-state index in [0.29, 0.717) is 0 Å². The predicted molar refractivity (Wildman–Crippen MR) is 62.3 cm³/mol. The van der Waals surface area contributed by atoms with Crippen LogP contribution in [0.2, 0.25) is 0 Å². The van der Waals surface area contributed by atoms with Gasteiger partial charge in [0.15, 0.2) is 0 Å². The van der Waals surface area contributed by atoms with E-state index in [1.54, 1.807) is 0 Å². The van der Waals surface area contributed by atoms with E-state index in [1.165, 1.54) is 31.4 Å². The van der Waals surface area contributed by atoms with Crippen molar-refractivity contribution in [3.63, 3.8) is 0 Å². The van der Waals surface area contributed by atoms with Crippen molar-refractivity contribution in [3.05, 3.63) is 62.9 Å². The summed E-state index contributed by atoms with van der Waals surface area (Å²) in [6.07, 6.45) is -3.19. The molecule has 0 spiro atoms. The molecule has 0 radical (unpaired) electrons. The first-order valence-electron chi connectivity index (χ1n) is 5.27. The molecule has 7 heteroatoms. The normalized spacial score (nSPS) is 11.6. The van der Waals surface area contributed by atoms with Crippen molar-refractivity contribution in [2.75, 3.05) is 0 Å². The third-order valence-electron chi connectivity index (χ3n) is 2.66. The first-order valence-corrected chi connectivity index (χ1v) is 5.27. The van der Waals surface area contributed by atoms with Gasteiger partial charge in [-0.05, 0) is 24.3 Å². The van der Waals surface area contributed by atoms with Gasteiger partial charge in [-0.25, -0.2) is 4.79 Å². The lowest BCUT2D eigenvalue weighted by molar-refractivity contribution is -0.137. The van der Waals surface area contributed by atoms with E-state index in [-0.39, 0.29) is 5.69 Å². The number of halogens is 3. The molecule has 0 saturated carbocycles. The largest absolute Gasteiger partial charge is 0.416 e. The summed E-state index contributed by atoms with van der Waals surface area (Å²) in [6, 6.07) is 5.28. The fourth-order valence-electron chi connectivity index (χ4n) is 1.58. The van der Waals surface area contributed by atoms with Gasteiger partial charge in [-0.3, -0.25) is 13.9 Å². The average molecular weight is 270 g/mol. The monoisotopic (exact) mass is 270 g/mol. The molecule has 0 unspecified atom stereocenters. The Labute approximate surface area is 105 Å². The molecule has 0 bridgehead atoms. The Bertz CT molecular complexity index is 711. The molecule has 2 rings (SSSR count). The van der Waals surface area contributed by atoms with Crippen LogP contribution in [0.1, 0.15) is 5.56 Å². The van der Waals surface area contributed by atoms with Gasteiger partial charge in [-0.2, -0.15) is 13.2 Å². The number of alkyl halides is 3. The van der Waals surface area contributed by atoms with E-state index in [4.69, 9.17) is 0 Å². The van der Waals surface area contributed by atoms with Crippen molar-refractivity contribution >= 4 is 0 Å². The van der Waals surface area contributed by atoms with Gasteiger partial charge in [0.25, 0.3) is 5.56 Å². The van der Waals surface area contributed by atoms with Crippen molar-refractivity contribution in [2.45, 2.75) is 6.18 Å². The molecule has 1 aromatic heterocycles. The molecule has 0 aliphatic rings. The molecule has 0 fully saturated rings. The summed E-state index contributed by atoms with van der Waals surface area (Å²) in [5.74, 6) is 0. The lowest BCUT2D eigenvalue weighted by atomic mass is 10.2. The first-order chi connectivity index (χ1) is 8.80. The maximum atomic E-state index is 12.4. The highest BCUT2D eigenvalue weighted by molar-refractivity contribution is 5.35. The standard InChI is InChI=1S/C12H9F3N2O2/c1-16-10(18)6-7-17(11(16)19)9-4-2-8(3-5-9)12(13,14)15/h2-7H,1H3. The molecule has 100 valence electrons. The summed E-state index contributed by atoms with van der Waals surface area (Å²) in [4.78, 5) is 23.0. The van der Waals surface area contributed by atoms with E-state index >= 15 is 0 Å². The molecular formula is C12H9F3N2O2. The van der Waals surface area contributed by atoms with E-state index in [0.717, 1.165) is 21.3 Å². The van der Waals surface area contributed by atoms with Crippen LogP contribution < -0.4 is 11.2 Å². The number of rotatable bonds is 1. The van der Waals surface area contributed by atoms with E-state index in [9.17, 15) is 22.8 Å². The van der Waals surface area contributed by atoms with Crippen LogP contribution in [0.5, 0.6) is 0 Å². The Hall–Kier alpha value is -2.31. The second-order valence-electron chi connectivity index (χ2n) is 3.91. The van der Waals surface area contributed by atoms with Gasteiger partial charge in [0.2, 0.25) is 0 Å². The summed E-state index contributed by atoms with van der Waals surface area (Å²) < 4.78 is 39.2. The summed E-state index contributed by atoms with van der Waals surface area (Å²) in [6.45, 7) is 0. The highest BCUT2D eigenvalue weighted by atomic mass is 19.4. The molecule has 2 aromatic rings. The second kappa shape index (κ2) is 4.42. The lowest BCUT2D eigenvalue weighted by Gasteiger charge is -2.09. The Morgan fingerprint density at radius 3 is 2.11 bits per heavy atom. The Balaban J connectivity index is 2.53. The lowest BCUT2D eigenvalue weighted by Crippen LogP contribution is -2.36. The Morgan fingerprint density at radius 1 is 1.00 bits per heavy atom. The highest BCUT2D eigenvalue weighted by Crippen LogP contribution is 2.29. The van der Waals surface area contributed by atoms with Gasteiger partial charge in [0.05, 0.1) is 11.3 Å². The molecule has 4 nitrogen and oxygen atoms in total. The van der Waals surface area contributed by atoms with Crippen LogP contribution in [-0.2, 0) is 13.2 Å². The van der Waals surface area contributed by atoms with Crippen LogP contribution in [0.4, 0.5) is 13.2 Å². The molecule has 1 heterocycles. The predicted octanol–water partition coefficient (Wildman–Crippen LogP) is 1.55. The minimum atomic E-state index is -4.42. The number of aromatic nitrogens is 2. The number of hydrogen-bond donors (Lipinski definition) is 0. The number of hydrogen-bond acceptors (Lipinski definition) is 2. The van der Waals surface area contributed by atoms with Gasteiger partial charge in [0, 0.05) is 19.3 Å². The number of benzene rings is 1. The summed E-state index contributed by atoms with van der Waals surface area (Å²) >= 11 is 0. The molecule has 0 aliphatic heterocycles. The molecule has 19 heavy (non-hydrogen) atoms. The van der Waals surface area contributed by atoms with Crippen molar-refractivity contribution < 1.29 is 13.2 Å². The smallest absolute Gasteiger partial charge is 0.269 e. The zero-order valence-electron chi connectivity index (χ0n) is 9.81. The van der Waals surface area contributed by atoms with E-state index in [2.05, 4.69) is 0 Å². The summed E-state index contributed by atoms with van der Waals surface area (Å²) in [5.41, 5.74) is -1.64. The summed E-state index contributed by atoms with van der Waals surface area (Å²) in [7, 11) is 1.30. The second-order valence-corrected chi connectivity index (χ2v) is 3.91. The van der Waals surface area contributed by atoms with Crippen molar-refractivity contribution in [2.24, 2.45) is 7.05 Å². The molecule has 0 amide bonds. The fraction of sp³-hybridized carbons (Fsp3) is 0.167. The molecule has 1 aromatic carbocycles. The van der Waals surface area contributed by atoms with Gasteiger partial charge in [-0.15, -0.1) is 0 Å². The quantitative estimate of drug-likeness (QED) is 0.789. The van der Waals surface area contributed by atoms with Gasteiger partial charge >= 0.3 is 11.9 Å². The molecule has 0 N–H and O–H groups in total. The van der Waals surface area contributed by atoms with E-state index < -0.39 is 23.0 Å². The first kappa shape index (κ1) is 13.1. The van der Waals surface area contributed by atoms with Crippen molar-refractivity contribution in [3.8, 4) is 5.69 Å². The third-order valence-corrected chi connectivity index (χ3v) is 2.66. The fourth-order valence-corrected chi connectivity index (χ4v) is 1.58. The van der Waals surface area contributed by atoms with Crippen molar-refractivity contribution in [1.82, 2.24) is 9.13 Å². The van der Waals surface area contributed by atoms with Gasteiger partial charge < -0.3 is 0 Å². The van der Waals surface area contributed by atoms with Crippen LogP contribution in [-0.4, -0.2) is 9.13 Å². The van der Waals surface area contributed by atoms with Gasteiger partial charge in [-0.1, -0.05) is 0 Å². The number of nitrogens with zero attached hydrogens (tertiary/aromatic N) is 2. The highest BCUT2D eigenvalue weighted by Gasteiger charge is 2.30. The SMILES string of the molecule is Cn1c(=O)ccn(-c2ccc(C(F)(F)F)cc2)c1=O.